The molecule has 2 aromatic rings. The van der Waals surface area contributed by atoms with Gasteiger partial charge >= 0.3 is 0 Å². The molecule has 0 bridgehead atoms. The molecule has 0 amide bonds. The highest BCUT2D eigenvalue weighted by Gasteiger charge is 2.30. The van der Waals surface area contributed by atoms with Crippen molar-refractivity contribution in [2.75, 3.05) is 0 Å². The van der Waals surface area contributed by atoms with Crippen LogP contribution in [0.4, 0.5) is 0 Å². The van der Waals surface area contributed by atoms with Crippen molar-refractivity contribution >= 4 is 11.0 Å². The number of imidazole rings is 1. The van der Waals surface area contributed by atoms with Crippen LogP contribution in [0, 0.1) is 0 Å². The molecular weight excluding hydrogens is 200 g/mol. The Morgan fingerprint density at radius 1 is 1.38 bits per heavy atom. The largest absolute Gasteiger partial charge is 0.506 e. The number of phenols is 1. The van der Waals surface area contributed by atoms with E-state index in [0.29, 0.717) is 17.7 Å². The molecule has 1 fully saturated rings. The van der Waals surface area contributed by atoms with E-state index in [4.69, 9.17) is 0 Å². The molecule has 1 aromatic heterocycles. The first-order chi connectivity index (χ1) is 7.68. The Balaban J connectivity index is 2.34. The van der Waals surface area contributed by atoms with Crippen LogP contribution < -0.4 is 0 Å². The fourth-order valence-electron chi connectivity index (χ4n) is 2.30. The summed E-state index contributed by atoms with van der Waals surface area (Å²) in [5.41, 5.74) is 1.80. The monoisotopic (exact) mass is 216 g/mol. The lowest BCUT2D eigenvalue weighted by Gasteiger charge is -2.13. The first-order valence-corrected chi connectivity index (χ1v) is 5.88. The van der Waals surface area contributed by atoms with Crippen LogP contribution in [0.1, 0.15) is 44.5 Å². The summed E-state index contributed by atoms with van der Waals surface area (Å²) in [4.78, 5) is 4.66. The molecule has 3 nitrogen and oxygen atoms in total. The minimum Gasteiger partial charge on any atom is -0.506 e. The molecule has 1 aliphatic rings. The predicted molar refractivity (Wildman–Crippen MR) is 63.8 cm³/mol. The van der Waals surface area contributed by atoms with E-state index in [2.05, 4.69) is 23.4 Å². The molecule has 0 saturated heterocycles. The van der Waals surface area contributed by atoms with E-state index >= 15 is 0 Å². The van der Waals surface area contributed by atoms with Gasteiger partial charge in [0.25, 0.3) is 0 Å². The Morgan fingerprint density at radius 2 is 2.12 bits per heavy atom. The van der Waals surface area contributed by atoms with E-state index in [1.807, 2.05) is 12.1 Å². The predicted octanol–water partition coefficient (Wildman–Crippen LogP) is 3.20. The first-order valence-electron chi connectivity index (χ1n) is 5.88. The summed E-state index contributed by atoms with van der Waals surface area (Å²) in [6.07, 6.45) is 2.47. The molecule has 0 unspecified atom stereocenters. The van der Waals surface area contributed by atoms with Crippen LogP contribution in [-0.2, 0) is 0 Å². The fourth-order valence-corrected chi connectivity index (χ4v) is 2.30. The van der Waals surface area contributed by atoms with E-state index in [1.54, 1.807) is 6.07 Å². The molecule has 0 spiro atoms. The number of aromatic nitrogens is 2. The van der Waals surface area contributed by atoms with Crippen LogP contribution in [-0.4, -0.2) is 14.7 Å². The van der Waals surface area contributed by atoms with E-state index in [9.17, 15) is 5.11 Å². The van der Waals surface area contributed by atoms with Crippen LogP contribution in [0.5, 0.6) is 5.75 Å². The Morgan fingerprint density at radius 3 is 2.75 bits per heavy atom. The lowest BCUT2D eigenvalue weighted by atomic mass is 10.2. The molecule has 1 aromatic carbocycles. The van der Waals surface area contributed by atoms with Gasteiger partial charge in [0.2, 0.25) is 0 Å². The minimum atomic E-state index is 0.339. The van der Waals surface area contributed by atoms with Crippen LogP contribution in [0.15, 0.2) is 18.2 Å². The van der Waals surface area contributed by atoms with E-state index in [-0.39, 0.29) is 0 Å². The summed E-state index contributed by atoms with van der Waals surface area (Å²) in [5.74, 6) is 2.09. The number of nitrogens with zero attached hydrogens (tertiary/aromatic N) is 2. The quantitative estimate of drug-likeness (QED) is 0.837. The second kappa shape index (κ2) is 3.24. The van der Waals surface area contributed by atoms with Crippen molar-refractivity contribution in [2.45, 2.75) is 38.6 Å². The zero-order chi connectivity index (χ0) is 11.3. The van der Waals surface area contributed by atoms with E-state index in [0.717, 1.165) is 16.9 Å². The highest BCUT2D eigenvalue weighted by atomic mass is 16.3. The maximum absolute atomic E-state index is 9.96. The van der Waals surface area contributed by atoms with E-state index < -0.39 is 0 Å². The van der Waals surface area contributed by atoms with Crippen LogP contribution in [0.25, 0.3) is 11.0 Å². The molecule has 1 N–H and O–H groups in total. The van der Waals surface area contributed by atoms with E-state index in [1.165, 1.54) is 12.8 Å². The average molecular weight is 216 g/mol. The highest BCUT2D eigenvalue weighted by molar-refractivity contribution is 5.82. The van der Waals surface area contributed by atoms with Crippen LogP contribution in [0.2, 0.25) is 0 Å². The SMILES string of the molecule is CC(C)n1c(C2CC2)nc2cccc(O)c21. The zero-order valence-corrected chi connectivity index (χ0v) is 9.64. The standard InChI is InChI=1S/C13H16N2O/c1-8(2)15-12-10(4-3-5-11(12)16)14-13(15)9-6-7-9/h3-5,8-9,16H,6-7H2,1-2H3. The smallest absolute Gasteiger partial charge is 0.141 e. The third kappa shape index (κ3) is 1.31. The molecule has 0 atom stereocenters. The number of fused-ring (bicyclic) bond motifs is 1. The van der Waals surface area contributed by atoms with Gasteiger partial charge in [0, 0.05) is 12.0 Å². The lowest BCUT2D eigenvalue weighted by Crippen LogP contribution is -2.05. The molecule has 1 saturated carbocycles. The van der Waals surface area contributed by atoms with Crippen molar-refractivity contribution in [3.63, 3.8) is 0 Å². The Bertz CT molecular complexity index is 538. The van der Waals surface area contributed by atoms with Crippen molar-refractivity contribution in [3.8, 4) is 5.75 Å². The van der Waals surface area contributed by atoms with Gasteiger partial charge in [-0.3, -0.25) is 0 Å². The zero-order valence-electron chi connectivity index (χ0n) is 9.64. The molecule has 16 heavy (non-hydrogen) atoms. The number of hydrogen-bond acceptors (Lipinski definition) is 2. The molecule has 3 heteroatoms. The first kappa shape index (κ1) is 9.70. The normalized spacial score (nSPS) is 16.2. The Labute approximate surface area is 94.7 Å². The summed E-state index contributed by atoms with van der Waals surface area (Å²) in [6, 6.07) is 5.90. The third-order valence-corrected chi connectivity index (χ3v) is 3.18. The molecule has 0 aliphatic heterocycles. The average Bonchev–Trinajstić information content (AvgIpc) is 2.99. The van der Waals surface area contributed by atoms with Gasteiger partial charge in [-0.15, -0.1) is 0 Å². The molecule has 84 valence electrons. The van der Waals surface area contributed by atoms with Gasteiger partial charge in [0.05, 0.1) is 5.52 Å². The van der Waals surface area contributed by atoms with Gasteiger partial charge in [-0.2, -0.15) is 0 Å². The van der Waals surface area contributed by atoms with Gasteiger partial charge in [0.15, 0.2) is 0 Å². The Kier molecular flexibility index (Phi) is 1.96. The van der Waals surface area contributed by atoms with Gasteiger partial charge in [0.1, 0.15) is 17.1 Å². The molecular formula is C13H16N2O. The number of aromatic hydroxyl groups is 1. The second-order valence-electron chi connectivity index (χ2n) is 4.85. The van der Waals surface area contributed by atoms with Gasteiger partial charge < -0.3 is 9.67 Å². The molecule has 0 radical (unpaired) electrons. The van der Waals surface area contributed by atoms with Crippen molar-refractivity contribution < 1.29 is 5.11 Å². The number of rotatable bonds is 2. The number of phenolic OH excluding ortho intramolecular Hbond substituents is 1. The van der Waals surface area contributed by atoms with Gasteiger partial charge in [-0.1, -0.05) is 6.07 Å². The van der Waals surface area contributed by atoms with Gasteiger partial charge in [-0.25, -0.2) is 4.98 Å². The summed E-state index contributed by atoms with van der Waals surface area (Å²) in [5, 5.41) is 9.96. The number of para-hydroxylation sites is 1. The molecule has 1 aliphatic carbocycles. The highest BCUT2D eigenvalue weighted by Crippen LogP contribution is 2.42. The maximum atomic E-state index is 9.96. The topological polar surface area (TPSA) is 38.0 Å². The summed E-state index contributed by atoms with van der Waals surface area (Å²) in [6.45, 7) is 4.28. The molecule has 3 rings (SSSR count). The fraction of sp³-hybridized carbons (Fsp3) is 0.462. The Hall–Kier alpha value is -1.51. The number of hydrogen-bond donors (Lipinski definition) is 1. The summed E-state index contributed by atoms with van der Waals surface area (Å²) >= 11 is 0. The van der Waals surface area contributed by atoms with Crippen LogP contribution in [0.3, 0.4) is 0 Å². The number of benzene rings is 1. The summed E-state index contributed by atoms with van der Waals surface area (Å²) < 4.78 is 2.18. The minimum absolute atomic E-state index is 0.339. The maximum Gasteiger partial charge on any atom is 0.141 e. The molecule has 1 heterocycles. The van der Waals surface area contributed by atoms with Gasteiger partial charge in [-0.05, 0) is 38.8 Å². The third-order valence-electron chi connectivity index (χ3n) is 3.18. The van der Waals surface area contributed by atoms with Crippen molar-refractivity contribution in [1.82, 2.24) is 9.55 Å². The van der Waals surface area contributed by atoms with Crippen molar-refractivity contribution in [2.24, 2.45) is 0 Å². The second-order valence-corrected chi connectivity index (χ2v) is 4.85. The van der Waals surface area contributed by atoms with Crippen molar-refractivity contribution in [1.29, 1.82) is 0 Å². The lowest BCUT2D eigenvalue weighted by molar-refractivity contribution is 0.473. The van der Waals surface area contributed by atoms with Crippen molar-refractivity contribution in [3.05, 3.63) is 24.0 Å². The summed E-state index contributed by atoms with van der Waals surface area (Å²) in [7, 11) is 0. The van der Waals surface area contributed by atoms with Crippen LogP contribution >= 0.6 is 0 Å².